The van der Waals surface area contributed by atoms with Crippen LogP contribution in [0.3, 0.4) is 0 Å². The highest BCUT2D eigenvalue weighted by molar-refractivity contribution is 6.35. The van der Waals surface area contributed by atoms with Gasteiger partial charge in [-0.1, -0.05) is 29.3 Å². The number of carbonyl (C=O) groups excluding carboxylic acids is 2. The first-order chi connectivity index (χ1) is 12.4. The van der Waals surface area contributed by atoms with E-state index in [4.69, 9.17) is 32.7 Å². The number of nitrogens with one attached hydrogen (secondary N) is 2. The Morgan fingerprint density at radius 2 is 1.88 bits per heavy atom. The van der Waals surface area contributed by atoms with E-state index < -0.39 is 17.9 Å². The van der Waals surface area contributed by atoms with Crippen LogP contribution in [0.15, 0.2) is 42.5 Å². The molecule has 0 radical (unpaired) electrons. The van der Waals surface area contributed by atoms with Crippen LogP contribution in [-0.4, -0.2) is 24.5 Å². The van der Waals surface area contributed by atoms with Crippen LogP contribution in [0.25, 0.3) is 0 Å². The van der Waals surface area contributed by atoms with Crippen LogP contribution in [0.1, 0.15) is 24.2 Å². The van der Waals surface area contributed by atoms with Gasteiger partial charge in [-0.25, -0.2) is 0 Å². The van der Waals surface area contributed by atoms with E-state index in [9.17, 15) is 9.59 Å². The van der Waals surface area contributed by atoms with Gasteiger partial charge in [0.25, 0.3) is 11.8 Å². The lowest BCUT2D eigenvalue weighted by atomic mass is 10.2. The third-order valence-electron chi connectivity index (χ3n) is 3.27. The number of carbonyl (C=O) groups is 2. The lowest BCUT2D eigenvalue weighted by Crippen LogP contribution is -2.47. The summed E-state index contributed by atoms with van der Waals surface area (Å²) in [6.07, 6.45) is -0.885. The van der Waals surface area contributed by atoms with Gasteiger partial charge in [-0.15, -0.1) is 0 Å². The molecule has 0 saturated carbocycles. The molecule has 2 N–H and O–H groups in total. The van der Waals surface area contributed by atoms with Crippen LogP contribution < -0.4 is 20.3 Å². The number of ether oxygens (including phenoxy) is 2. The molecule has 8 heteroatoms. The second kappa shape index (κ2) is 9.31. The van der Waals surface area contributed by atoms with Crippen LogP contribution >= 0.6 is 23.2 Å². The van der Waals surface area contributed by atoms with E-state index in [0.29, 0.717) is 28.7 Å². The van der Waals surface area contributed by atoms with E-state index in [1.54, 1.807) is 36.4 Å². The molecule has 138 valence electrons. The Morgan fingerprint density at radius 3 is 2.58 bits per heavy atom. The van der Waals surface area contributed by atoms with Gasteiger partial charge in [0, 0.05) is 10.6 Å². The maximum Gasteiger partial charge on any atom is 0.279 e. The molecule has 0 saturated heterocycles. The predicted molar refractivity (Wildman–Crippen MR) is 99.8 cm³/mol. The summed E-state index contributed by atoms with van der Waals surface area (Å²) in [4.78, 5) is 24.2. The first-order valence-electron chi connectivity index (χ1n) is 7.85. The van der Waals surface area contributed by atoms with Gasteiger partial charge >= 0.3 is 0 Å². The van der Waals surface area contributed by atoms with Crippen molar-refractivity contribution in [3.8, 4) is 11.5 Å². The third-order valence-corrected chi connectivity index (χ3v) is 3.80. The van der Waals surface area contributed by atoms with E-state index in [1.807, 2.05) is 6.92 Å². The molecule has 2 rings (SSSR count). The molecule has 2 amide bonds. The van der Waals surface area contributed by atoms with Gasteiger partial charge in [-0.3, -0.25) is 20.4 Å². The fourth-order valence-corrected chi connectivity index (χ4v) is 2.45. The van der Waals surface area contributed by atoms with Gasteiger partial charge < -0.3 is 9.47 Å². The quantitative estimate of drug-likeness (QED) is 0.730. The highest BCUT2D eigenvalue weighted by Crippen LogP contribution is 2.28. The van der Waals surface area contributed by atoms with Gasteiger partial charge in [-0.05, 0) is 50.2 Å². The lowest BCUT2D eigenvalue weighted by Gasteiger charge is -2.16. The molecule has 0 heterocycles. The molecule has 26 heavy (non-hydrogen) atoms. The molecule has 6 nitrogen and oxygen atoms in total. The van der Waals surface area contributed by atoms with E-state index >= 15 is 0 Å². The van der Waals surface area contributed by atoms with Crippen molar-refractivity contribution >= 4 is 35.0 Å². The number of amides is 2. The minimum atomic E-state index is -0.885. The van der Waals surface area contributed by atoms with Crippen molar-refractivity contribution in [1.82, 2.24) is 10.9 Å². The Hall–Kier alpha value is -2.44. The zero-order valence-corrected chi connectivity index (χ0v) is 15.7. The molecule has 0 spiro atoms. The molecule has 0 aliphatic rings. The van der Waals surface area contributed by atoms with E-state index in [0.717, 1.165) is 0 Å². The first kappa shape index (κ1) is 19.9. The normalized spacial score (nSPS) is 11.4. The van der Waals surface area contributed by atoms with Gasteiger partial charge in [0.05, 0.1) is 11.6 Å². The Kier molecular flexibility index (Phi) is 7.12. The van der Waals surface area contributed by atoms with Crippen LogP contribution in [0.5, 0.6) is 11.5 Å². The number of halogens is 2. The van der Waals surface area contributed by atoms with Crippen molar-refractivity contribution in [2.24, 2.45) is 0 Å². The van der Waals surface area contributed by atoms with Gasteiger partial charge in [0.2, 0.25) is 0 Å². The van der Waals surface area contributed by atoms with Crippen molar-refractivity contribution < 1.29 is 19.1 Å². The zero-order chi connectivity index (χ0) is 19.1. The molecule has 0 aromatic heterocycles. The molecule has 2 aromatic rings. The van der Waals surface area contributed by atoms with Crippen molar-refractivity contribution in [3.05, 3.63) is 58.1 Å². The summed E-state index contributed by atoms with van der Waals surface area (Å²) in [6.45, 7) is 3.87. The van der Waals surface area contributed by atoms with Crippen LogP contribution in [-0.2, 0) is 4.79 Å². The molecular weight excluding hydrogens is 379 g/mol. The molecular formula is C18H18Cl2N2O4. The number of hydrogen-bond donors (Lipinski definition) is 2. The number of benzene rings is 2. The van der Waals surface area contributed by atoms with Gasteiger partial charge in [-0.2, -0.15) is 0 Å². The predicted octanol–water partition coefficient (Wildman–Crippen LogP) is 3.62. The van der Waals surface area contributed by atoms with Crippen molar-refractivity contribution in [2.75, 3.05) is 6.61 Å². The van der Waals surface area contributed by atoms with Gasteiger partial charge in [0.15, 0.2) is 6.10 Å². The Labute approximate surface area is 161 Å². The number of hydrazine groups is 1. The Balaban J connectivity index is 1.90. The average Bonchev–Trinajstić information content (AvgIpc) is 2.62. The first-order valence-corrected chi connectivity index (χ1v) is 8.61. The summed E-state index contributed by atoms with van der Waals surface area (Å²) in [5.74, 6) is -0.128. The monoisotopic (exact) mass is 396 g/mol. The van der Waals surface area contributed by atoms with E-state index in [2.05, 4.69) is 10.9 Å². The molecule has 0 aliphatic heterocycles. The molecule has 1 atom stereocenters. The fraction of sp³-hybridized carbons (Fsp3) is 0.222. The summed E-state index contributed by atoms with van der Waals surface area (Å²) in [6, 6.07) is 11.3. The summed E-state index contributed by atoms with van der Waals surface area (Å²) in [5, 5.41) is 0.745. The fourth-order valence-electron chi connectivity index (χ4n) is 2.00. The topological polar surface area (TPSA) is 76.7 Å². The minimum Gasteiger partial charge on any atom is -0.494 e. The van der Waals surface area contributed by atoms with Crippen LogP contribution in [0.2, 0.25) is 10.0 Å². The number of hydrogen-bond acceptors (Lipinski definition) is 4. The standard InChI is InChI=1S/C18H18Cl2N2O4/c1-3-25-14-6-4-5-12(9-14)18(24)22-21-17(23)11(2)26-16-8-7-13(19)10-15(16)20/h4-11H,3H2,1-2H3,(H,21,23)(H,22,24)/t11-/m0/s1. The zero-order valence-electron chi connectivity index (χ0n) is 14.2. The average molecular weight is 397 g/mol. The summed E-state index contributed by atoms with van der Waals surface area (Å²) in [7, 11) is 0. The summed E-state index contributed by atoms with van der Waals surface area (Å²) < 4.78 is 10.8. The van der Waals surface area contributed by atoms with Crippen LogP contribution in [0, 0.1) is 0 Å². The largest absolute Gasteiger partial charge is 0.494 e. The van der Waals surface area contributed by atoms with Gasteiger partial charge in [0.1, 0.15) is 11.5 Å². The minimum absolute atomic E-state index is 0.286. The molecule has 0 bridgehead atoms. The third kappa shape index (κ3) is 5.54. The molecule has 0 aliphatic carbocycles. The van der Waals surface area contributed by atoms with Crippen molar-refractivity contribution in [3.63, 3.8) is 0 Å². The van der Waals surface area contributed by atoms with Crippen molar-refractivity contribution in [1.29, 1.82) is 0 Å². The SMILES string of the molecule is CCOc1cccc(C(=O)NNC(=O)[C@H](C)Oc2ccc(Cl)cc2Cl)c1. The molecule has 0 fully saturated rings. The smallest absolute Gasteiger partial charge is 0.279 e. The van der Waals surface area contributed by atoms with Crippen LogP contribution in [0.4, 0.5) is 0 Å². The van der Waals surface area contributed by atoms with E-state index in [1.165, 1.54) is 13.0 Å². The Bertz CT molecular complexity index is 799. The second-order valence-corrected chi connectivity index (χ2v) is 6.08. The second-order valence-electron chi connectivity index (χ2n) is 5.24. The molecule has 2 aromatic carbocycles. The molecule has 0 unspecified atom stereocenters. The van der Waals surface area contributed by atoms with Crippen molar-refractivity contribution in [2.45, 2.75) is 20.0 Å². The maximum atomic E-state index is 12.1. The van der Waals surface area contributed by atoms with E-state index in [-0.39, 0.29) is 5.02 Å². The lowest BCUT2D eigenvalue weighted by molar-refractivity contribution is -0.128. The maximum absolute atomic E-state index is 12.1. The summed E-state index contributed by atoms with van der Waals surface area (Å²) >= 11 is 11.8. The summed E-state index contributed by atoms with van der Waals surface area (Å²) in [5.41, 5.74) is 4.99. The highest BCUT2D eigenvalue weighted by atomic mass is 35.5. The Morgan fingerprint density at radius 1 is 1.12 bits per heavy atom. The number of rotatable bonds is 6. The highest BCUT2D eigenvalue weighted by Gasteiger charge is 2.17.